The number of carbonyl (C=O) groups excluding carboxylic acids is 2. The van der Waals surface area contributed by atoms with Gasteiger partial charge in [-0.25, -0.2) is 8.42 Å². The summed E-state index contributed by atoms with van der Waals surface area (Å²) in [6, 6.07) is 13.0. The third kappa shape index (κ3) is 7.47. The Balaban J connectivity index is 2.39. The molecule has 2 aromatic rings. The van der Waals surface area contributed by atoms with Gasteiger partial charge in [0, 0.05) is 17.6 Å². The summed E-state index contributed by atoms with van der Waals surface area (Å²) >= 11 is 5.93. The molecule has 33 heavy (non-hydrogen) atoms. The molecule has 2 atom stereocenters. The number of amides is 2. The first-order valence-corrected chi connectivity index (χ1v) is 13.0. The second-order valence-corrected chi connectivity index (χ2v) is 10.5. The number of rotatable bonds is 10. The van der Waals surface area contributed by atoms with Crippen LogP contribution in [0.3, 0.4) is 0 Å². The van der Waals surface area contributed by atoms with Crippen molar-refractivity contribution in [2.24, 2.45) is 0 Å². The van der Waals surface area contributed by atoms with Crippen LogP contribution in [0.4, 0.5) is 5.69 Å². The Bertz CT molecular complexity index is 1070. The summed E-state index contributed by atoms with van der Waals surface area (Å²) in [5.74, 6) is -0.769. The zero-order valence-corrected chi connectivity index (χ0v) is 21.3. The quantitative estimate of drug-likeness (QED) is 0.546. The van der Waals surface area contributed by atoms with E-state index >= 15 is 0 Å². The minimum Gasteiger partial charge on any atom is -0.352 e. The molecule has 0 saturated carbocycles. The molecule has 0 bridgehead atoms. The molecule has 0 aliphatic rings. The van der Waals surface area contributed by atoms with Gasteiger partial charge in [0.15, 0.2) is 0 Å². The maximum atomic E-state index is 13.5. The van der Waals surface area contributed by atoms with Gasteiger partial charge in [0.25, 0.3) is 0 Å². The summed E-state index contributed by atoms with van der Waals surface area (Å²) in [6.07, 6.45) is 1.79. The van der Waals surface area contributed by atoms with Crippen LogP contribution in [0.5, 0.6) is 0 Å². The molecule has 0 spiro atoms. The van der Waals surface area contributed by atoms with Crippen molar-refractivity contribution in [3.63, 3.8) is 0 Å². The van der Waals surface area contributed by atoms with Crippen molar-refractivity contribution < 1.29 is 18.0 Å². The van der Waals surface area contributed by atoms with Crippen LogP contribution >= 0.6 is 11.6 Å². The summed E-state index contributed by atoms with van der Waals surface area (Å²) < 4.78 is 26.1. The summed E-state index contributed by atoms with van der Waals surface area (Å²) in [6.45, 7) is 7.18. The average Bonchev–Trinajstić information content (AvgIpc) is 2.76. The molecule has 0 aliphatic carbocycles. The van der Waals surface area contributed by atoms with Gasteiger partial charge in [0.05, 0.1) is 11.9 Å². The van der Waals surface area contributed by atoms with Gasteiger partial charge in [-0.3, -0.25) is 13.9 Å². The van der Waals surface area contributed by atoms with Gasteiger partial charge in [0.1, 0.15) is 12.6 Å². The smallest absolute Gasteiger partial charge is 0.244 e. The molecule has 2 amide bonds. The van der Waals surface area contributed by atoms with E-state index in [9.17, 15) is 18.0 Å². The molecular weight excluding hydrogens is 462 g/mol. The molecule has 0 unspecified atom stereocenters. The van der Waals surface area contributed by atoms with Gasteiger partial charge in [-0.05, 0) is 62.6 Å². The highest BCUT2D eigenvalue weighted by molar-refractivity contribution is 7.92. The number of benzene rings is 2. The number of carbonyl (C=O) groups is 2. The second kappa shape index (κ2) is 11.5. The number of anilines is 1. The van der Waals surface area contributed by atoms with Crippen LogP contribution in [0.15, 0.2) is 48.5 Å². The fourth-order valence-corrected chi connectivity index (χ4v) is 4.22. The van der Waals surface area contributed by atoms with Gasteiger partial charge >= 0.3 is 0 Å². The summed E-state index contributed by atoms with van der Waals surface area (Å²) in [5, 5.41) is 3.36. The monoisotopic (exact) mass is 493 g/mol. The molecule has 0 aliphatic heterocycles. The van der Waals surface area contributed by atoms with E-state index in [-0.39, 0.29) is 18.5 Å². The van der Waals surface area contributed by atoms with Crippen LogP contribution in [0.25, 0.3) is 0 Å². The lowest BCUT2D eigenvalue weighted by molar-refractivity contribution is -0.139. The molecule has 0 saturated heterocycles. The molecule has 2 aromatic carbocycles. The number of halogens is 1. The maximum Gasteiger partial charge on any atom is 0.244 e. The van der Waals surface area contributed by atoms with Crippen LogP contribution in [0.2, 0.25) is 5.02 Å². The minimum absolute atomic E-state index is 0.0445. The van der Waals surface area contributed by atoms with Crippen LogP contribution < -0.4 is 9.62 Å². The van der Waals surface area contributed by atoms with E-state index < -0.39 is 28.5 Å². The highest BCUT2D eigenvalue weighted by Crippen LogP contribution is 2.22. The number of nitrogens with one attached hydrogen (secondary N) is 1. The Morgan fingerprint density at radius 1 is 1.06 bits per heavy atom. The van der Waals surface area contributed by atoms with Crippen molar-refractivity contribution in [1.29, 1.82) is 0 Å². The van der Waals surface area contributed by atoms with Gasteiger partial charge in [-0.1, -0.05) is 42.8 Å². The molecule has 1 N–H and O–H groups in total. The topological polar surface area (TPSA) is 86.8 Å². The molecule has 9 heteroatoms. The Hall–Kier alpha value is -2.58. The van der Waals surface area contributed by atoms with E-state index in [1.165, 1.54) is 4.90 Å². The van der Waals surface area contributed by atoms with E-state index in [1.807, 2.05) is 45.0 Å². The zero-order valence-electron chi connectivity index (χ0n) is 19.7. The number of aryl methyl sites for hydroxylation is 1. The zero-order chi connectivity index (χ0) is 24.8. The third-order valence-corrected chi connectivity index (χ3v) is 6.96. The van der Waals surface area contributed by atoms with Gasteiger partial charge in [-0.2, -0.15) is 0 Å². The lowest BCUT2D eigenvalue weighted by Crippen LogP contribution is -2.52. The van der Waals surface area contributed by atoms with Gasteiger partial charge in [-0.15, -0.1) is 0 Å². The van der Waals surface area contributed by atoms with Crippen molar-refractivity contribution in [2.75, 3.05) is 17.1 Å². The Labute approximate surface area is 201 Å². The average molecular weight is 494 g/mol. The highest BCUT2D eigenvalue weighted by atomic mass is 35.5. The Morgan fingerprint density at radius 3 is 2.21 bits per heavy atom. The lowest BCUT2D eigenvalue weighted by atomic mass is 10.1. The maximum absolute atomic E-state index is 13.5. The number of nitrogens with zero attached hydrogens (tertiary/aromatic N) is 2. The van der Waals surface area contributed by atoms with Crippen molar-refractivity contribution in [1.82, 2.24) is 10.2 Å². The third-order valence-electron chi connectivity index (χ3n) is 5.56. The van der Waals surface area contributed by atoms with E-state index in [2.05, 4.69) is 5.32 Å². The Morgan fingerprint density at radius 2 is 1.67 bits per heavy atom. The van der Waals surface area contributed by atoms with Crippen molar-refractivity contribution in [2.45, 2.75) is 52.7 Å². The van der Waals surface area contributed by atoms with E-state index in [0.29, 0.717) is 10.7 Å². The van der Waals surface area contributed by atoms with Gasteiger partial charge < -0.3 is 10.2 Å². The lowest BCUT2D eigenvalue weighted by Gasteiger charge is -2.32. The van der Waals surface area contributed by atoms with E-state index in [1.54, 1.807) is 31.2 Å². The number of sulfonamides is 1. The summed E-state index contributed by atoms with van der Waals surface area (Å²) in [7, 11) is -3.77. The van der Waals surface area contributed by atoms with Crippen molar-refractivity contribution >= 4 is 39.1 Å². The Kier molecular flexibility index (Phi) is 9.31. The van der Waals surface area contributed by atoms with Crippen LogP contribution in [-0.4, -0.2) is 50.0 Å². The molecule has 0 aromatic heterocycles. The first kappa shape index (κ1) is 26.7. The molecule has 180 valence electrons. The fraction of sp³-hybridized carbons (Fsp3) is 0.417. The molecule has 0 radical (unpaired) electrons. The highest BCUT2D eigenvalue weighted by Gasteiger charge is 2.30. The SMILES string of the molecule is CC[C@H](C)NC(=O)[C@@H](C)N(Cc1ccccc1C)C(=O)CN(c1ccc(Cl)cc1)S(C)(=O)=O. The fourth-order valence-electron chi connectivity index (χ4n) is 3.24. The minimum atomic E-state index is -3.77. The standard InChI is InChI=1S/C24H32ClN3O4S/c1-6-18(3)26-24(30)19(4)27(15-20-10-8-7-9-17(20)2)23(29)16-28(33(5,31)32)22-13-11-21(25)12-14-22/h7-14,18-19H,6,15-16H2,1-5H3,(H,26,30)/t18-,19+/m0/s1. The first-order valence-electron chi connectivity index (χ1n) is 10.8. The van der Waals surface area contributed by atoms with E-state index in [4.69, 9.17) is 11.6 Å². The second-order valence-electron chi connectivity index (χ2n) is 8.19. The van der Waals surface area contributed by atoms with Crippen LogP contribution in [-0.2, 0) is 26.2 Å². The van der Waals surface area contributed by atoms with Crippen molar-refractivity contribution in [3.8, 4) is 0 Å². The first-order chi connectivity index (χ1) is 15.4. The largest absolute Gasteiger partial charge is 0.352 e. The summed E-state index contributed by atoms with van der Waals surface area (Å²) in [4.78, 5) is 27.8. The van der Waals surface area contributed by atoms with Crippen LogP contribution in [0.1, 0.15) is 38.3 Å². The molecule has 2 rings (SSSR count). The molecule has 0 heterocycles. The summed E-state index contributed by atoms with van der Waals surface area (Å²) in [5.41, 5.74) is 2.18. The molecular formula is C24H32ClN3O4S. The van der Waals surface area contributed by atoms with Crippen LogP contribution in [0, 0.1) is 6.92 Å². The predicted octanol–water partition coefficient (Wildman–Crippen LogP) is 3.75. The predicted molar refractivity (Wildman–Crippen MR) is 133 cm³/mol. The molecule has 0 fully saturated rings. The number of hydrogen-bond donors (Lipinski definition) is 1. The van der Waals surface area contributed by atoms with E-state index in [0.717, 1.165) is 28.1 Å². The molecule has 7 nitrogen and oxygen atoms in total. The number of hydrogen-bond acceptors (Lipinski definition) is 4. The van der Waals surface area contributed by atoms with Gasteiger partial charge in [0.2, 0.25) is 21.8 Å². The normalized spacial score (nSPS) is 13.2. The van der Waals surface area contributed by atoms with Crippen molar-refractivity contribution in [3.05, 3.63) is 64.7 Å².